The van der Waals surface area contributed by atoms with Crippen molar-refractivity contribution in [2.24, 2.45) is 0 Å². The van der Waals surface area contributed by atoms with E-state index in [2.05, 4.69) is 24.6 Å². The van der Waals surface area contributed by atoms with Gasteiger partial charge in [-0.15, -0.1) is 0 Å². The highest BCUT2D eigenvalue weighted by molar-refractivity contribution is 5.31. The van der Waals surface area contributed by atoms with Crippen LogP contribution in [0.5, 0.6) is 5.75 Å². The summed E-state index contributed by atoms with van der Waals surface area (Å²) in [5, 5.41) is 0. The van der Waals surface area contributed by atoms with Gasteiger partial charge in [-0.25, -0.2) is 0 Å². The summed E-state index contributed by atoms with van der Waals surface area (Å²) < 4.78 is 5.53. The summed E-state index contributed by atoms with van der Waals surface area (Å²) in [4.78, 5) is 0. The molecule has 0 unspecified atom stereocenters. The van der Waals surface area contributed by atoms with Crippen LogP contribution in [0.25, 0.3) is 0 Å². The van der Waals surface area contributed by atoms with Crippen LogP contribution >= 0.6 is 0 Å². The third kappa shape index (κ3) is 2.74. The Kier molecular flexibility index (Phi) is 3.65. The van der Waals surface area contributed by atoms with Crippen molar-refractivity contribution in [2.75, 3.05) is 6.61 Å². The van der Waals surface area contributed by atoms with Crippen molar-refractivity contribution in [2.45, 2.75) is 38.5 Å². The summed E-state index contributed by atoms with van der Waals surface area (Å²) in [7, 11) is 0. The third-order valence-electron chi connectivity index (χ3n) is 3.08. The van der Waals surface area contributed by atoms with Gasteiger partial charge in [0.1, 0.15) is 5.75 Å². The predicted octanol–water partition coefficient (Wildman–Crippen LogP) is 3.95. The topological polar surface area (TPSA) is 9.23 Å². The molecule has 0 spiro atoms. The molecule has 1 aromatic carbocycles. The Labute approximate surface area is 92.5 Å². The molecule has 0 saturated heterocycles. The molecule has 0 amide bonds. The summed E-state index contributed by atoms with van der Waals surface area (Å²) in [6, 6.07) is 8.60. The molecular weight excluding hydrogens is 184 g/mol. The van der Waals surface area contributed by atoms with Gasteiger partial charge in [-0.3, -0.25) is 0 Å². The zero-order valence-corrected chi connectivity index (χ0v) is 9.41. The van der Waals surface area contributed by atoms with Crippen LogP contribution in [0.2, 0.25) is 0 Å². The second-order valence-corrected chi connectivity index (χ2v) is 4.15. The van der Waals surface area contributed by atoms with Gasteiger partial charge in [-0.05, 0) is 62.6 Å². The fourth-order valence-electron chi connectivity index (χ4n) is 2.29. The van der Waals surface area contributed by atoms with Gasteiger partial charge in [-0.1, -0.05) is 12.1 Å². The van der Waals surface area contributed by atoms with Crippen LogP contribution in [-0.2, 0) is 0 Å². The minimum Gasteiger partial charge on any atom is -0.494 e. The molecule has 2 rings (SSSR count). The fourth-order valence-corrected chi connectivity index (χ4v) is 2.29. The maximum atomic E-state index is 5.53. The third-order valence-corrected chi connectivity index (χ3v) is 3.08. The van der Waals surface area contributed by atoms with Crippen molar-refractivity contribution >= 4 is 0 Å². The van der Waals surface area contributed by atoms with E-state index in [1.54, 1.807) is 0 Å². The van der Waals surface area contributed by atoms with Crippen LogP contribution in [0, 0.1) is 6.42 Å². The van der Waals surface area contributed by atoms with Crippen LogP contribution < -0.4 is 4.74 Å². The highest BCUT2D eigenvalue weighted by atomic mass is 16.5. The molecule has 0 aromatic heterocycles. The Bertz CT molecular complexity index is 300. The maximum absolute atomic E-state index is 5.53. The van der Waals surface area contributed by atoms with Gasteiger partial charge in [0.15, 0.2) is 0 Å². The van der Waals surface area contributed by atoms with Crippen LogP contribution in [0.3, 0.4) is 0 Å². The molecule has 0 aliphatic heterocycles. The second-order valence-electron chi connectivity index (χ2n) is 4.15. The highest BCUT2D eigenvalue weighted by Crippen LogP contribution is 2.33. The Morgan fingerprint density at radius 2 is 2.07 bits per heavy atom. The first kappa shape index (κ1) is 10.5. The van der Waals surface area contributed by atoms with Crippen LogP contribution in [0.15, 0.2) is 24.3 Å². The quantitative estimate of drug-likeness (QED) is 0.722. The van der Waals surface area contributed by atoms with E-state index in [0.29, 0.717) is 0 Å². The molecule has 0 bridgehead atoms. The Morgan fingerprint density at radius 1 is 1.27 bits per heavy atom. The van der Waals surface area contributed by atoms with Crippen molar-refractivity contribution in [3.63, 3.8) is 0 Å². The molecule has 81 valence electrons. The monoisotopic (exact) mass is 203 g/mol. The lowest BCUT2D eigenvalue weighted by atomic mass is 9.84. The lowest BCUT2D eigenvalue weighted by molar-refractivity contribution is 0.339. The van der Waals surface area contributed by atoms with Crippen LogP contribution in [0.4, 0.5) is 0 Å². The molecular formula is C14H19O. The number of hydrogen-bond donors (Lipinski definition) is 0. The average molecular weight is 203 g/mol. The van der Waals surface area contributed by atoms with Gasteiger partial charge in [0.25, 0.3) is 0 Å². The number of hydrogen-bond acceptors (Lipinski definition) is 1. The van der Waals surface area contributed by atoms with E-state index in [0.717, 1.165) is 18.3 Å². The molecule has 1 aliphatic carbocycles. The van der Waals surface area contributed by atoms with E-state index in [1.165, 1.54) is 31.2 Å². The molecule has 15 heavy (non-hydrogen) atoms. The van der Waals surface area contributed by atoms with Crippen LogP contribution in [-0.4, -0.2) is 6.61 Å². The predicted molar refractivity (Wildman–Crippen MR) is 63.1 cm³/mol. The van der Waals surface area contributed by atoms with Gasteiger partial charge in [0.2, 0.25) is 0 Å². The van der Waals surface area contributed by atoms with E-state index >= 15 is 0 Å². The molecule has 1 aliphatic rings. The zero-order chi connectivity index (χ0) is 10.5. The summed E-state index contributed by atoms with van der Waals surface area (Å²) in [5.74, 6) is 1.76. The van der Waals surface area contributed by atoms with Crippen molar-refractivity contribution in [1.29, 1.82) is 0 Å². The van der Waals surface area contributed by atoms with Crippen molar-refractivity contribution in [3.8, 4) is 5.75 Å². The summed E-state index contributed by atoms with van der Waals surface area (Å²) >= 11 is 0. The molecule has 1 heteroatoms. The van der Waals surface area contributed by atoms with Crippen molar-refractivity contribution < 1.29 is 4.74 Å². The van der Waals surface area contributed by atoms with E-state index in [1.807, 2.05) is 13.0 Å². The van der Waals surface area contributed by atoms with Gasteiger partial charge < -0.3 is 4.74 Å². The first-order valence-corrected chi connectivity index (χ1v) is 5.94. The van der Waals surface area contributed by atoms with E-state index < -0.39 is 0 Å². The highest BCUT2D eigenvalue weighted by Gasteiger charge is 2.15. The summed E-state index contributed by atoms with van der Waals surface area (Å²) in [5.41, 5.74) is 1.45. The van der Waals surface area contributed by atoms with Gasteiger partial charge in [-0.2, -0.15) is 0 Å². The van der Waals surface area contributed by atoms with E-state index in [-0.39, 0.29) is 0 Å². The minimum atomic E-state index is 0.746. The van der Waals surface area contributed by atoms with Crippen molar-refractivity contribution in [1.82, 2.24) is 0 Å². The number of rotatable bonds is 3. The first-order valence-electron chi connectivity index (χ1n) is 5.94. The molecule has 1 aromatic rings. The standard InChI is InChI=1S/C14H19O/c1-2-15-14-10-6-9-13(11-14)12-7-4-3-5-8-12/h3,6,9-12H,2,4-5,7-8H2,1H3. The van der Waals surface area contributed by atoms with Gasteiger partial charge >= 0.3 is 0 Å². The number of ether oxygens (including phenoxy) is 1. The summed E-state index contributed by atoms with van der Waals surface area (Å²) in [6.07, 6.45) is 7.54. The lowest BCUT2D eigenvalue weighted by Gasteiger charge is -2.22. The van der Waals surface area contributed by atoms with Crippen molar-refractivity contribution in [3.05, 3.63) is 36.2 Å². The maximum Gasteiger partial charge on any atom is 0.119 e. The SMILES string of the molecule is CCOc1cccc(C2CC[CH]CC2)c1. The lowest BCUT2D eigenvalue weighted by Crippen LogP contribution is -2.05. The number of benzene rings is 1. The summed E-state index contributed by atoms with van der Waals surface area (Å²) in [6.45, 7) is 2.78. The largest absolute Gasteiger partial charge is 0.494 e. The van der Waals surface area contributed by atoms with Crippen LogP contribution in [0.1, 0.15) is 44.1 Å². The molecule has 1 fully saturated rings. The fraction of sp³-hybridized carbons (Fsp3) is 0.500. The molecule has 1 saturated carbocycles. The molecule has 1 radical (unpaired) electrons. The van der Waals surface area contributed by atoms with E-state index in [4.69, 9.17) is 4.74 Å². The molecule has 0 N–H and O–H groups in total. The minimum absolute atomic E-state index is 0.746. The smallest absolute Gasteiger partial charge is 0.119 e. The Hall–Kier alpha value is -0.980. The van der Waals surface area contributed by atoms with Gasteiger partial charge in [0.05, 0.1) is 6.61 Å². The van der Waals surface area contributed by atoms with Gasteiger partial charge in [0, 0.05) is 0 Å². The molecule has 0 atom stereocenters. The molecule has 0 heterocycles. The Balaban J connectivity index is 2.09. The average Bonchev–Trinajstić information content (AvgIpc) is 2.31. The van der Waals surface area contributed by atoms with E-state index in [9.17, 15) is 0 Å². The molecule has 1 nitrogen and oxygen atoms in total. The first-order chi connectivity index (χ1) is 7.40. The second kappa shape index (κ2) is 5.20. The normalized spacial score (nSPS) is 17.7. The zero-order valence-electron chi connectivity index (χ0n) is 9.41. The Morgan fingerprint density at radius 3 is 2.80 bits per heavy atom.